The second-order valence-electron chi connectivity index (χ2n) is 5.19. The summed E-state index contributed by atoms with van der Waals surface area (Å²) < 4.78 is 0.859. The van der Waals surface area contributed by atoms with Gasteiger partial charge in [-0.2, -0.15) is 0 Å². The van der Waals surface area contributed by atoms with Crippen molar-refractivity contribution >= 4 is 33.5 Å². The van der Waals surface area contributed by atoms with Gasteiger partial charge in [0.2, 0.25) is 5.91 Å². The Morgan fingerprint density at radius 2 is 2.15 bits per heavy atom. The van der Waals surface area contributed by atoms with E-state index in [1.165, 1.54) is 0 Å². The minimum absolute atomic E-state index is 0.0803. The molecule has 0 spiro atoms. The first-order valence-electron chi connectivity index (χ1n) is 6.44. The third-order valence-corrected chi connectivity index (χ3v) is 3.92. The van der Waals surface area contributed by atoms with Crippen molar-refractivity contribution in [1.29, 1.82) is 0 Å². The summed E-state index contributed by atoms with van der Waals surface area (Å²) in [5.74, 6) is -0.683. The van der Waals surface area contributed by atoms with Gasteiger partial charge in [0.25, 0.3) is 0 Å². The molecule has 20 heavy (non-hydrogen) atoms. The van der Waals surface area contributed by atoms with E-state index in [1.54, 1.807) is 0 Å². The van der Waals surface area contributed by atoms with Gasteiger partial charge in [0.15, 0.2) is 0 Å². The molecule has 108 valence electrons. The van der Waals surface area contributed by atoms with Crippen LogP contribution in [0.3, 0.4) is 0 Å². The van der Waals surface area contributed by atoms with E-state index in [9.17, 15) is 9.59 Å². The second-order valence-corrected chi connectivity index (χ2v) is 6.04. The highest BCUT2D eigenvalue weighted by molar-refractivity contribution is 9.10. The van der Waals surface area contributed by atoms with Crippen LogP contribution in [0.4, 0.5) is 5.69 Å². The molecule has 1 heterocycles. The highest BCUT2D eigenvalue weighted by atomic mass is 79.9. The number of carboxylic acid groups (broad SMARTS) is 1. The number of likely N-dealkylation sites (tertiary alicyclic amines) is 1. The minimum Gasteiger partial charge on any atom is -0.481 e. The zero-order valence-corrected chi connectivity index (χ0v) is 12.8. The van der Waals surface area contributed by atoms with Gasteiger partial charge >= 0.3 is 5.97 Å². The molecule has 1 fully saturated rings. The third kappa shape index (κ3) is 4.05. The SMILES string of the molecule is Cc1ccc(NC(=O)CN2CC(CC(=O)O)C2)c(Br)c1. The van der Waals surface area contributed by atoms with Gasteiger partial charge in [-0.15, -0.1) is 0 Å². The van der Waals surface area contributed by atoms with Gasteiger partial charge in [-0.3, -0.25) is 14.5 Å². The van der Waals surface area contributed by atoms with Crippen LogP contribution in [-0.4, -0.2) is 41.5 Å². The average molecular weight is 341 g/mol. The fourth-order valence-corrected chi connectivity index (χ4v) is 2.89. The summed E-state index contributed by atoms with van der Waals surface area (Å²) >= 11 is 3.42. The Morgan fingerprint density at radius 3 is 2.75 bits per heavy atom. The predicted octanol–water partition coefficient (Wildman–Crippen LogP) is 2.10. The van der Waals surface area contributed by atoms with Crippen molar-refractivity contribution in [1.82, 2.24) is 4.90 Å². The quantitative estimate of drug-likeness (QED) is 0.861. The standard InChI is InChI=1S/C14H17BrN2O3/c1-9-2-3-12(11(15)4-9)16-13(18)8-17-6-10(7-17)5-14(19)20/h2-4,10H,5-8H2,1H3,(H,16,18)(H,19,20). The topological polar surface area (TPSA) is 69.6 Å². The Labute approximate surface area is 126 Å². The van der Waals surface area contributed by atoms with Gasteiger partial charge in [0.05, 0.1) is 18.7 Å². The number of aliphatic carboxylic acids is 1. The lowest BCUT2D eigenvalue weighted by molar-refractivity contribution is -0.139. The Hall–Kier alpha value is -1.40. The number of nitrogens with one attached hydrogen (secondary N) is 1. The molecule has 0 aliphatic carbocycles. The molecule has 0 bridgehead atoms. The van der Waals surface area contributed by atoms with E-state index in [1.807, 2.05) is 30.0 Å². The van der Waals surface area contributed by atoms with Crippen molar-refractivity contribution in [2.75, 3.05) is 25.0 Å². The van der Waals surface area contributed by atoms with Gasteiger partial charge < -0.3 is 10.4 Å². The molecule has 1 amide bonds. The molecule has 1 aromatic carbocycles. The smallest absolute Gasteiger partial charge is 0.303 e. The number of carboxylic acids is 1. The fourth-order valence-electron chi connectivity index (χ4n) is 2.30. The Bertz CT molecular complexity index is 527. The summed E-state index contributed by atoms with van der Waals surface area (Å²) in [6.45, 7) is 3.64. The van der Waals surface area contributed by atoms with Crippen molar-refractivity contribution in [3.05, 3.63) is 28.2 Å². The van der Waals surface area contributed by atoms with Crippen molar-refractivity contribution < 1.29 is 14.7 Å². The van der Waals surface area contributed by atoms with Crippen LogP contribution in [0.15, 0.2) is 22.7 Å². The van der Waals surface area contributed by atoms with Crippen LogP contribution in [0.2, 0.25) is 0 Å². The van der Waals surface area contributed by atoms with Crippen LogP contribution in [0, 0.1) is 12.8 Å². The molecule has 2 N–H and O–H groups in total. The number of carbonyl (C=O) groups is 2. The summed E-state index contributed by atoms with van der Waals surface area (Å²) in [6, 6.07) is 5.75. The maximum absolute atomic E-state index is 11.9. The number of rotatable bonds is 5. The van der Waals surface area contributed by atoms with Gasteiger partial charge in [-0.05, 0) is 46.5 Å². The first-order valence-corrected chi connectivity index (χ1v) is 7.23. The van der Waals surface area contributed by atoms with Gasteiger partial charge in [-0.1, -0.05) is 6.07 Å². The molecule has 1 aliphatic rings. The van der Waals surface area contributed by atoms with E-state index in [0.717, 1.165) is 15.7 Å². The monoisotopic (exact) mass is 340 g/mol. The second kappa shape index (κ2) is 6.37. The molecule has 5 nitrogen and oxygen atoms in total. The van der Waals surface area contributed by atoms with Gasteiger partial charge in [-0.25, -0.2) is 0 Å². The van der Waals surface area contributed by atoms with Crippen LogP contribution in [0.5, 0.6) is 0 Å². The lowest BCUT2D eigenvalue weighted by Gasteiger charge is -2.37. The van der Waals surface area contributed by atoms with Gasteiger partial charge in [0, 0.05) is 17.6 Å². The Balaban J connectivity index is 1.78. The fraction of sp³-hybridized carbons (Fsp3) is 0.429. The van der Waals surface area contributed by atoms with E-state index in [2.05, 4.69) is 21.2 Å². The molecule has 1 saturated heterocycles. The third-order valence-electron chi connectivity index (χ3n) is 3.26. The molecular weight excluding hydrogens is 324 g/mol. The minimum atomic E-state index is -0.775. The molecule has 1 aliphatic heterocycles. The number of amides is 1. The first-order chi connectivity index (χ1) is 9.44. The summed E-state index contributed by atoms with van der Waals surface area (Å²) in [6.07, 6.45) is 0.182. The molecule has 0 aromatic heterocycles. The summed E-state index contributed by atoms with van der Waals surface area (Å²) in [7, 11) is 0. The van der Waals surface area contributed by atoms with Crippen molar-refractivity contribution in [2.24, 2.45) is 5.92 Å². The van der Waals surface area contributed by atoms with E-state index in [4.69, 9.17) is 5.11 Å². The maximum atomic E-state index is 11.9. The molecule has 0 saturated carbocycles. The highest BCUT2D eigenvalue weighted by Gasteiger charge is 2.29. The maximum Gasteiger partial charge on any atom is 0.303 e. The van der Waals surface area contributed by atoms with Crippen molar-refractivity contribution in [3.63, 3.8) is 0 Å². The highest BCUT2D eigenvalue weighted by Crippen LogP contribution is 2.24. The summed E-state index contributed by atoms with van der Waals surface area (Å²) in [4.78, 5) is 24.4. The predicted molar refractivity (Wildman–Crippen MR) is 79.7 cm³/mol. The zero-order valence-electron chi connectivity index (χ0n) is 11.2. The van der Waals surface area contributed by atoms with Crippen LogP contribution in [0.1, 0.15) is 12.0 Å². The summed E-state index contributed by atoms with van der Waals surface area (Å²) in [5.41, 5.74) is 1.87. The summed E-state index contributed by atoms with van der Waals surface area (Å²) in [5, 5.41) is 11.5. The van der Waals surface area contributed by atoms with Crippen LogP contribution >= 0.6 is 15.9 Å². The largest absolute Gasteiger partial charge is 0.481 e. The average Bonchev–Trinajstić information content (AvgIpc) is 2.29. The number of anilines is 1. The van der Waals surface area contributed by atoms with E-state index in [0.29, 0.717) is 19.6 Å². The van der Waals surface area contributed by atoms with Crippen molar-refractivity contribution in [2.45, 2.75) is 13.3 Å². The van der Waals surface area contributed by atoms with E-state index >= 15 is 0 Å². The normalized spacial score (nSPS) is 15.7. The van der Waals surface area contributed by atoms with Crippen LogP contribution in [-0.2, 0) is 9.59 Å². The molecular formula is C14H17BrN2O3. The molecule has 0 radical (unpaired) electrons. The molecule has 2 rings (SSSR count). The zero-order chi connectivity index (χ0) is 14.7. The van der Waals surface area contributed by atoms with Crippen LogP contribution < -0.4 is 5.32 Å². The van der Waals surface area contributed by atoms with E-state index < -0.39 is 5.97 Å². The first kappa shape index (κ1) is 15.0. The number of hydrogen-bond donors (Lipinski definition) is 2. The lowest BCUT2D eigenvalue weighted by atomic mass is 9.96. The number of carbonyl (C=O) groups excluding carboxylic acids is 1. The lowest BCUT2D eigenvalue weighted by Crippen LogP contribution is -2.50. The van der Waals surface area contributed by atoms with Crippen molar-refractivity contribution in [3.8, 4) is 0 Å². The van der Waals surface area contributed by atoms with Gasteiger partial charge in [0.1, 0.15) is 0 Å². The number of nitrogens with zero attached hydrogens (tertiary/aromatic N) is 1. The number of benzene rings is 1. The Morgan fingerprint density at radius 1 is 1.45 bits per heavy atom. The number of hydrogen-bond acceptors (Lipinski definition) is 3. The molecule has 1 aromatic rings. The van der Waals surface area contributed by atoms with E-state index in [-0.39, 0.29) is 18.2 Å². The molecule has 0 atom stereocenters. The number of aryl methyl sites for hydroxylation is 1. The van der Waals surface area contributed by atoms with Crippen LogP contribution in [0.25, 0.3) is 0 Å². The Kier molecular flexibility index (Phi) is 4.77. The molecule has 0 unspecified atom stereocenters. The molecule has 6 heteroatoms. The number of halogens is 1.